The fourth-order valence-corrected chi connectivity index (χ4v) is 3.96. The van der Waals surface area contributed by atoms with Crippen molar-refractivity contribution in [3.05, 3.63) is 66.4 Å². The first kappa shape index (κ1) is 18.4. The third kappa shape index (κ3) is 3.52. The molecule has 1 saturated heterocycles. The van der Waals surface area contributed by atoms with Crippen LogP contribution in [0.1, 0.15) is 11.4 Å². The molecular weight excluding hydrogens is 378 g/mol. The lowest BCUT2D eigenvalue weighted by molar-refractivity contribution is -0.130. The number of hydrogen-bond donors (Lipinski definition) is 1. The molecule has 1 aliphatic heterocycles. The largest absolute Gasteiger partial charge is 0.361 e. The molecule has 0 radical (unpaired) electrons. The van der Waals surface area contributed by atoms with Gasteiger partial charge in [-0.3, -0.25) is 4.79 Å². The molecule has 0 aliphatic carbocycles. The maximum Gasteiger partial charge on any atom is 0.227 e. The number of H-pyrrole nitrogens is 1. The van der Waals surface area contributed by atoms with Gasteiger partial charge in [0.1, 0.15) is 11.6 Å². The van der Waals surface area contributed by atoms with Gasteiger partial charge in [0.15, 0.2) is 5.82 Å². The zero-order valence-corrected chi connectivity index (χ0v) is 16.8. The lowest BCUT2D eigenvalue weighted by atomic mass is 10.1. The van der Waals surface area contributed by atoms with Gasteiger partial charge in [-0.1, -0.05) is 18.2 Å². The molecule has 1 amide bonds. The molecule has 4 aromatic rings. The average Bonchev–Trinajstić information content (AvgIpc) is 3.44. The second-order valence-electron chi connectivity index (χ2n) is 7.49. The minimum absolute atomic E-state index is 0.163. The Hall–Kier alpha value is -3.68. The Morgan fingerprint density at radius 1 is 1.07 bits per heavy atom. The summed E-state index contributed by atoms with van der Waals surface area (Å²) in [5.41, 5.74) is 2.12. The Balaban J connectivity index is 1.26. The van der Waals surface area contributed by atoms with Crippen LogP contribution in [-0.2, 0) is 11.2 Å². The van der Waals surface area contributed by atoms with Crippen molar-refractivity contribution in [2.45, 2.75) is 13.3 Å². The average molecular weight is 401 g/mol. The molecule has 1 aliphatic rings. The normalized spacial score (nSPS) is 14.4. The number of amides is 1. The summed E-state index contributed by atoms with van der Waals surface area (Å²) in [5.74, 6) is 2.49. The van der Waals surface area contributed by atoms with Crippen LogP contribution in [0.4, 0.5) is 5.82 Å². The van der Waals surface area contributed by atoms with E-state index in [4.69, 9.17) is 0 Å². The van der Waals surface area contributed by atoms with Gasteiger partial charge in [0.25, 0.3) is 0 Å². The van der Waals surface area contributed by atoms with E-state index in [1.165, 1.54) is 0 Å². The summed E-state index contributed by atoms with van der Waals surface area (Å²) >= 11 is 0. The number of hydrogen-bond acceptors (Lipinski definition) is 5. The molecule has 1 aromatic carbocycles. The number of carbonyl (C=O) groups is 1. The van der Waals surface area contributed by atoms with Crippen molar-refractivity contribution in [1.29, 1.82) is 0 Å². The van der Waals surface area contributed by atoms with Gasteiger partial charge in [-0.05, 0) is 24.6 Å². The number of piperazine rings is 1. The molecule has 8 nitrogen and oxygen atoms in total. The van der Waals surface area contributed by atoms with Crippen molar-refractivity contribution in [2.75, 3.05) is 31.1 Å². The molecule has 0 bridgehead atoms. The van der Waals surface area contributed by atoms with Crippen LogP contribution in [0.25, 0.3) is 16.7 Å². The number of rotatable bonds is 4. The predicted octanol–water partition coefficient (Wildman–Crippen LogP) is 2.34. The maximum atomic E-state index is 12.9. The molecule has 1 N–H and O–H groups in total. The van der Waals surface area contributed by atoms with Gasteiger partial charge in [-0.15, -0.1) is 0 Å². The zero-order chi connectivity index (χ0) is 20.5. The highest BCUT2D eigenvalue weighted by Crippen LogP contribution is 2.20. The van der Waals surface area contributed by atoms with Crippen LogP contribution in [0.3, 0.4) is 0 Å². The first-order valence-electron chi connectivity index (χ1n) is 10.1. The number of aryl methyl sites for hydroxylation is 1. The maximum absolute atomic E-state index is 12.9. The van der Waals surface area contributed by atoms with Crippen molar-refractivity contribution in [3.8, 4) is 5.82 Å². The number of aromatic amines is 1. The molecule has 1 fully saturated rings. The van der Waals surface area contributed by atoms with Gasteiger partial charge in [0.2, 0.25) is 5.91 Å². The first-order valence-corrected chi connectivity index (χ1v) is 10.1. The highest BCUT2D eigenvalue weighted by Gasteiger charge is 2.23. The summed E-state index contributed by atoms with van der Waals surface area (Å²) in [6, 6.07) is 11.9. The zero-order valence-electron chi connectivity index (χ0n) is 16.8. The molecular formula is C22H23N7O. The topological polar surface area (TPSA) is 82.9 Å². The second-order valence-corrected chi connectivity index (χ2v) is 7.49. The molecule has 0 atom stereocenters. The minimum Gasteiger partial charge on any atom is -0.361 e. The van der Waals surface area contributed by atoms with E-state index in [0.29, 0.717) is 25.3 Å². The SMILES string of the molecule is Cc1nc(N2CCN(C(=O)Cc3c[nH]c4ccccc34)CC2)cc(-n2cccn2)n1. The minimum atomic E-state index is 0.163. The number of nitrogens with zero attached hydrogens (tertiary/aromatic N) is 6. The Kier molecular flexibility index (Phi) is 4.66. The number of aromatic nitrogens is 5. The molecule has 30 heavy (non-hydrogen) atoms. The second kappa shape index (κ2) is 7.62. The number of fused-ring (bicyclic) bond motifs is 1. The number of carbonyl (C=O) groups excluding carboxylic acids is 1. The van der Waals surface area contributed by atoms with Gasteiger partial charge in [-0.25, -0.2) is 14.6 Å². The Morgan fingerprint density at radius 3 is 2.67 bits per heavy atom. The van der Waals surface area contributed by atoms with Gasteiger partial charge in [0, 0.05) is 61.7 Å². The van der Waals surface area contributed by atoms with E-state index in [9.17, 15) is 4.79 Å². The highest BCUT2D eigenvalue weighted by molar-refractivity contribution is 5.89. The molecule has 0 unspecified atom stereocenters. The molecule has 4 heterocycles. The summed E-state index contributed by atoms with van der Waals surface area (Å²) in [6.45, 7) is 4.74. The van der Waals surface area contributed by atoms with E-state index in [1.54, 1.807) is 10.9 Å². The molecule has 3 aromatic heterocycles. The quantitative estimate of drug-likeness (QED) is 0.568. The van der Waals surface area contributed by atoms with Crippen LogP contribution in [0, 0.1) is 6.92 Å². The lowest BCUT2D eigenvalue weighted by Crippen LogP contribution is -2.49. The summed E-state index contributed by atoms with van der Waals surface area (Å²) in [7, 11) is 0. The number of nitrogens with one attached hydrogen (secondary N) is 1. The van der Waals surface area contributed by atoms with Gasteiger partial charge < -0.3 is 14.8 Å². The summed E-state index contributed by atoms with van der Waals surface area (Å²) < 4.78 is 1.74. The van der Waals surface area contributed by atoms with E-state index >= 15 is 0 Å². The van der Waals surface area contributed by atoms with E-state index in [2.05, 4.69) is 31.0 Å². The van der Waals surface area contributed by atoms with E-state index in [1.807, 2.05) is 54.5 Å². The van der Waals surface area contributed by atoms with Crippen LogP contribution >= 0.6 is 0 Å². The molecule has 152 valence electrons. The van der Waals surface area contributed by atoms with E-state index < -0.39 is 0 Å². The van der Waals surface area contributed by atoms with Crippen molar-refractivity contribution < 1.29 is 4.79 Å². The summed E-state index contributed by atoms with van der Waals surface area (Å²) in [5, 5.41) is 5.38. The van der Waals surface area contributed by atoms with Crippen molar-refractivity contribution in [3.63, 3.8) is 0 Å². The fraction of sp³-hybridized carbons (Fsp3) is 0.273. The van der Waals surface area contributed by atoms with E-state index in [0.717, 1.165) is 41.2 Å². The molecule has 0 saturated carbocycles. The number of para-hydroxylation sites is 1. The van der Waals surface area contributed by atoms with Gasteiger partial charge in [0.05, 0.1) is 6.42 Å². The summed E-state index contributed by atoms with van der Waals surface area (Å²) in [6.07, 6.45) is 5.96. The Morgan fingerprint density at radius 2 is 1.87 bits per heavy atom. The predicted molar refractivity (Wildman–Crippen MR) is 115 cm³/mol. The number of anilines is 1. The number of benzene rings is 1. The van der Waals surface area contributed by atoms with Crippen LogP contribution < -0.4 is 4.90 Å². The Bertz CT molecular complexity index is 1170. The lowest BCUT2D eigenvalue weighted by Gasteiger charge is -2.35. The van der Waals surface area contributed by atoms with Crippen LogP contribution in [0.5, 0.6) is 0 Å². The first-order chi connectivity index (χ1) is 14.7. The molecule has 0 spiro atoms. The fourth-order valence-electron chi connectivity index (χ4n) is 3.96. The van der Waals surface area contributed by atoms with Crippen LogP contribution in [-0.4, -0.2) is 61.7 Å². The monoisotopic (exact) mass is 401 g/mol. The van der Waals surface area contributed by atoms with Crippen molar-refractivity contribution in [1.82, 2.24) is 29.6 Å². The standard InChI is InChI=1S/C22H23N7O/c1-16-25-20(14-21(26-16)29-8-4-7-24-29)27-9-11-28(12-10-27)22(30)13-17-15-23-19-6-3-2-5-18(17)19/h2-8,14-15,23H,9-13H2,1H3. The van der Waals surface area contributed by atoms with Crippen molar-refractivity contribution in [2.24, 2.45) is 0 Å². The van der Waals surface area contributed by atoms with Gasteiger partial charge in [-0.2, -0.15) is 5.10 Å². The molecule has 8 heteroatoms. The Labute approximate surface area is 174 Å². The third-order valence-electron chi connectivity index (χ3n) is 5.52. The smallest absolute Gasteiger partial charge is 0.227 e. The van der Waals surface area contributed by atoms with E-state index in [-0.39, 0.29) is 5.91 Å². The van der Waals surface area contributed by atoms with Crippen molar-refractivity contribution >= 4 is 22.6 Å². The van der Waals surface area contributed by atoms with Crippen LogP contribution in [0.15, 0.2) is 55.0 Å². The third-order valence-corrected chi connectivity index (χ3v) is 5.52. The molecule has 5 rings (SSSR count). The van der Waals surface area contributed by atoms with Gasteiger partial charge >= 0.3 is 0 Å². The van der Waals surface area contributed by atoms with Crippen LogP contribution in [0.2, 0.25) is 0 Å². The summed E-state index contributed by atoms with van der Waals surface area (Å²) in [4.78, 5) is 29.3. The highest BCUT2D eigenvalue weighted by atomic mass is 16.2.